The summed E-state index contributed by atoms with van der Waals surface area (Å²) in [6, 6.07) is 9.66. The summed E-state index contributed by atoms with van der Waals surface area (Å²) in [4.78, 5) is 30.6. The number of carbonyl (C=O) groups excluding carboxylic acids is 1. The molecule has 0 aromatic heterocycles. The Bertz CT molecular complexity index is 1110. The Morgan fingerprint density at radius 2 is 1.97 bits per heavy atom. The molecule has 1 fully saturated rings. The van der Waals surface area contributed by atoms with Gasteiger partial charge in [-0.2, -0.15) is 0 Å². The van der Waals surface area contributed by atoms with Gasteiger partial charge in [0.25, 0.3) is 5.91 Å². The minimum absolute atomic E-state index is 0.0709. The molecule has 1 heterocycles. The molecule has 0 aliphatic carbocycles. The fourth-order valence-corrected chi connectivity index (χ4v) is 4.22. The van der Waals surface area contributed by atoms with Crippen LogP contribution in [0.2, 0.25) is 0 Å². The number of aliphatic imine (C=N–C) groups is 1. The first-order valence-electron chi connectivity index (χ1n) is 10.1. The Labute approximate surface area is 190 Å². The molecule has 0 spiro atoms. The van der Waals surface area contributed by atoms with E-state index in [0.29, 0.717) is 46.6 Å². The molecule has 0 atom stereocenters. The standard InChI is InChI=1S/C24H24N2O5S/c1-4-7-17-12-15(13-19(21(17)27)31-6-3)14-20-22(28)26(5-2)24(32-20)25-18-10-8-16(9-11-18)23(29)30/h4,8-14,27H,1,5-7H2,2-3H3,(H,29,30)/b20-14+,25-24?. The summed E-state index contributed by atoms with van der Waals surface area (Å²) < 4.78 is 5.54. The predicted octanol–water partition coefficient (Wildman–Crippen LogP) is 4.84. The highest BCUT2D eigenvalue weighted by atomic mass is 32.2. The normalized spacial score (nSPS) is 16.1. The summed E-state index contributed by atoms with van der Waals surface area (Å²) in [6.07, 6.45) is 3.90. The van der Waals surface area contributed by atoms with E-state index in [2.05, 4.69) is 11.6 Å². The first-order valence-corrected chi connectivity index (χ1v) is 10.9. The highest BCUT2D eigenvalue weighted by molar-refractivity contribution is 8.18. The maximum atomic E-state index is 13.0. The van der Waals surface area contributed by atoms with E-state index in [4.69, 9.17) is 9.84 Å². The Morgan fingerprint density at radius 3 is 2.56 bits per heavy atom. The summed E-state index contributed by atoms with van der Waals surface area (Å²) in [5.74, 6) is -0.753. The second-order valence-electron chi connectivity index (χ2n) is 6.86. The Kier molecular flexibility index (Phi) is 7.37. The molecule has 2 aromatic carbocycles. The molecule has 32 heavy (non-hydrogen) atoms. The van der Waals surface area contributed by atoms with E-state index in [1.54, 1.807) is 41.3 Å². The van der Waals surface area contributed by atoms with Gasteiger partial charge in [0.05, 0.1) is 22.8 Å². The van der Waals surface area contributed by atoms with Crippen LogP contribution >= 0.6 is 11.8 Å². The van der Waals surface area contributed by atoms with Gasteiger partial charge in [-0.25, -0.2) is 9.79 Å². The summed E-state index contributed by atoms with van der Waals surface area (Å²) in [6.45, 7) is 8.26. The van der Waals surface area contributed by atoms with Crippen LogP contribution in [0.3, 0.4) is 0 Å². The van der Waals surface area contributed by atoms with E-state index in [0.717, 1.165) is 5.56 Å². The number of amides is 1. The van der Waals surface area contributed by atoms with Crippen molar-refractivity contribution in [2.45, 2.75) is 20.3 Å². The van der Waals surface area contributed by atoms with Gasteiger partial charge in [0.15, 0.2) is 16.7 Å². The number of carbonyl (C=O) groups is 2. The summed E-state index contributed by atoms with van der Waals surface area (Å²) in [7, 11) is 0. The molecule has 1 aliphatic heterocycles. The smallest absolute Gasteiger partial charge is 0.335 e. The number of carboxylic acid groups (broad SMARTS) is 1. The monoisotopic (exact) mass is 452 g/mol. The van der Waals surface area contributed by atoms with Gasteiger partial charge in [0.1, 0.15) is 0 Å². The van der Waals surface area contributed by atoms with Crippen molar-refractivity contribution in [3.05, 3.63) is 70.6 Å². The van der Waals surface area contributed by atoms with Crippen LogP contribution in [0.25, 0.3) is 6.08 Å². The van der Waals surface area contributed by atoms with Crippen molar-refractivity contribution in [2.24, 2.45) is 4.99 Å². The molecule has 8 heteroatoms. The SMILES string of the molecule is C=CCc1cc(/C=C2/SC(=Nc3ccc(C(=O)O)cc3)N(CC)C2=O)cc(OCC)c1O. The van der Waals surface area contributed by atoms with Gasteiger partial charge in [-0.15, -0.1) is 6.58 Å². The van der Waals surface area contributed by atoms with Gasteiger partial charge < -0.3 is 14.9 Å². The number of hydrogen-bond donors (Lipinski definition) is 2. The lowest BCUT2D eigenvalue weighted by Gasteiger charge is -2.12. The lowest BCUT2D eigenvalue weighted by Crippen LogP contribution is -2.28. The van der Waals surface area contributed by atoms with Crippen molar-refractivity contribution in [3.63, 3.8) is 0 Å². The molecule has 3 rings (SSSR count). The largest absolute Gasteiger partial charge is 0.504 e. The lowest BCUT2D eigenvalue weighted by atomic mass is 10.1. The summed E-state index contributed by atoms with van der Waals surface area (Å²) in [5, 5.41) is 20.0. The fourth-order valence-electron chi connectivity index (χ4n) is 3.16. The van der Waals surface area contributed by atoms with Crippen molar-refractivity contribution >= 4 is 40.6 Å². The van der Waals surface area contributed by atoms with Crippen molar-refractivity contribution < 1.29 is 24.5 Å². The van der Waals surface area contributed by atoms with Crippen LogP contribution in [0, 0.1) is 0 Å². The van der Waals surface area contributed by atoms with Gasteiger partial charge in [0, 0.05) is 12.1 Å². The number of hydrogen-bond acceptors (Lipinski definition) is 6. The van der Waals surface area contributed by atoms with E-state index >= 15 is 0 Å². The quantitative estimate of drug-likeness (QED) is 0.439. The number of thioether (sulfide) groups is 1. The number of carboxylic acids is 1. The van der Waals surface area contributed by atoms with Crippen LogP contribution < -0.4 is 4.74 Å². The van der Waals surface area contributed by atoms with Gasteiger partial charge in [-0.1, -0.05) is 6.08 Å². The maximum absolute atomic E-state index is 13.0. The van der Waals surface area contributed by atoms with E-state index in [1.165, 1.54) is 23.9 Å². The Hall–Kier alpha value is -3.52. The van der Waals surface area contributed by atoms with E-state index in [9.17, 15) is 14.7 Å². The molecule has 2 N–H and O–H groups in total. The third kappa shape index (κ3) is 5.03. The Morgan fingerprint density at radius 1 is 1.25 bits per heavy atom. The van der Waals surface area contributed by atoms with Crippen molar-refractivity contribution in [2.75, 3.05) is 13.2 Å². The number of ether oxygens (including phenoxy) is 1. The minimum Gasteiger partial charge on any atom is -0.504 e. The first kappa shape index (κ1) is 23.1. The van der Waals surface area contributed by atoms with E-state index in [1.807, 2.05) is 13.8 Å². The number of amidine groups is 1. The molecule has 0 bridgehead atoms. The van der Waals surface area contributed by atoms with Crippen LogP contribution in [0.1, 0.15) is 35.3 Å². The van der Waals surface area contributed by atoms with Gasteiger partial charge in [0.2, 0.25) is 0 Å². The zero-order chi connectivity index (χ0) is 23.3. The number of aromatic hydroxyl groups is 1. The number of benzene rings is 2. The van der Waals surface area contributed by atoms with Crippen LogP contribution in [0.15, 0.2) is 59.0 Å². The number of likely N-dealkylation sites (N-methyl/N-ethyl adjacent to an activating group) is 1. The van der Waals surface area contributed by atoms with Crippen molar-refractivity contribution in [3.8, 4) is 11.5 Å². The predicted molar refractivity (Wildman–Crippen MR) is 127 cm³/mol. The number of allylic oxidation sites excluding steroid dienone is 1. The van der Waals surface area contributed by atoms with E-state index in [-0.39, 0.29) is 17.2 Å². The summed E-state index contributed by atoms with van der Waals surface area (Å²) in [5.41, 5.74) is 2.11. The lowest BCUT2D eigenvalue weighted by molar-refractivity contribution is -0.122. The molecule has 1 amide bonds. The van der Waals surface area contributed by atoms with Crippen molar-refractivity contribution in [1.29, 1.82) is 0 Å². The van der Waals surface area contributed by atoms with Crippen LogP contribution in [0.5, 0.6) is 11.5 Å². The molecule has 7 nitrogen and oxygen atoms in total. The second kappa shape index (κ2) is 10.2. The average molecular weight is 453 g/mol. The third-order valence-corrected chi connectivity index (χ3v) is 5.69. The third-order valence-electron chi connectivity index (χ3n) is 4.68. The zero-order valence-corrected chi connectivity index (χ0v) is 18.7. The minimum atomic E-state index is -1.01. The average Bonchev–Trinajstić information content (AvgIpc) is 3.05. The van der Waals surface area contributed by atoms with Crippen LogP contribution in [0.4, 0.5) is 5.69 Å². The van der Waals surface area contributed by atoms with Crippen molar-refractivity contribution in [1.82, 2.24) is 4.90 Å². The molecule has 166 valence electrons. The molecule has 0 radical (unpaired) electrons. The molecular weight excluding hydrogens is 428 g/mol. The zero-order valence-electron chi connectivity index (χ0n) is 17.9. The van der Waals surface area contributed by atoms with Gasteiger partial charge in [-0.05, 0) is 80.1 Å². The van der Waals surface area contributed by atoms with Crippen LogP contribution in [-0.2, 0) is 11.2 Å². The van der Waals surface area contributed by atoms with Gasteiger partial charge in [-0.3, -0.25) is 9.69 Å². The fraction of sp³-hybridized carbons (Fsp3) is 0.208. The molecule has 0 unspecified atom stereocenters. The summed E-state index contributed by atoms with van der Waals surface area (Å²) >= 11 is 1.24. The highest BCUT2D eigenvalue weighted by Crippen LogP contribution is 2.37. The highest BCUT2D eigenvalue weighted by Gasteiger charge is 2.32. The molecule has 1 saturated heterocycles. The maximum Gasteiger partial charge on any atom is 0.335 e. The van der Waals surface area contributed by atoms with Crippen LogP contribution in [-0.4, -0.2) is 45.3 Å². The number of phenols is 1. The molecular formula is C24H24N2O5S. The number of nitrogens with zero attached hydrogens (tertiary/aromatic N) is 2. The molecule has 0 saturated carbocycles. The second-order valence-corrected chi connectivity index (χ2v) is 7.87. The molecule has 1 aliphatic rings. The number of aromatic carboxylic acids is 1. The number of rotatable bonds is 8. The topological polar surface area (TPSA) is 99.4 Å². The van der Waals surface area contributed by atoms with Gasteiger partial charge >= 0.3 is 5.97 Å². The first-order chi connectivity index (χ1) is 15.4. The molecule has 2 aromatic rings. The number of phenolic OH excluding ortho intramolecular Hbond substituents is 1. The Balaban J connectivity index is 1.96. The van der Waals surface area contributed by atoms with E-state index < -0.39 is 5.97 Å².